The molecule has 0 bridgehead atoms. The molecule has 0 heterocycles. The average Bonchev–Trinajstić information content (AvgIpc) is 3.11. The van der Waals surface area contributed by atoms with Crippen LogP contribution in [0.5, 0.6) is 34.5 Å². The van der Waals surface area contributed by atoms with E-state index in [2.05, 4.69) is 8.37 Å². The van der Waals surface area contributed by atoms with Gasteiger partial charge in [-0.25, -0.2) is 0 Å². The highest BCUT2D eigenvalue weighted by Gasteiger charge is 2.50. The lowest BCUT2D eigenvalue weighted by atomic mass is 9.86. The molecule has 6 rings (SSSR count). The molecule has 0 atom stereocenters. The van der Waals surface area contributed by atoms with Crippen molar-refractivity contribution in [1.29, 1.82) is 0 Å². The number of hydrogen-bond acceptors (Lipinski definition) is 10. The lowest BCUT2D eigenvalue weighted by Crippen LogP contribution is -2.28. The molecule has 0 saturated heterocycles. The number of ether oxygens (including phenoxy) is 4. The Kier molecular flexibility index (Phi) is 9.64. The molecule has 0 spiro atoms. The van der Waals surface area contributed by atoms with E-state index in [9.17, 15) is 43.2 Å². The Morgan fingerprint density at radius 1 is 0.426 bits per heavy atom. The number of halogens is 6. The number of benzene rings is 6. The Morgan fingerprint density at radius 3 is 1.00 bits per heavy atom. The van der Waals surface area contributed by atoms with Crippen molar-refractivity contribution in [2.24, 2.45) is 0 Å². The zero-order valence-electron chi connectivity index (χ0n) is 28.2. The van der Waals surface area contributed by atoms with Crippen molar-refractivity contribution in [2.75, 3.05) is 28.4 Å². The van der Waals surface area contributed by atoms with E-state index in [1.54, 1.807) is 60.7 Å². The summed E-state index contributed by atoms with van der Waals surface area (Å²) in [6.45, 7) is 0. The van der Waals surface area contributed by atoms with E-state index < -0.39 is 54.3 Å². The highest BCUT2D eigenvalue weighted by molar-refractivity contribution is 7.88. The van der Waals surface area contributed by atoms with Crippen molar-refractivity contribution >= 4 is 52.6 Å². The van der Waals surface area contributed by atoms with Gasteiger partial charge in [-0.1, -0.05) is 72.8 Å². The summed E-state index contributed by atoms with van der Waals surface area (Å²) in [6.07, 6.45) is 0. The Balaban J connectivity index is 1.81. The molecular formula is C36H26F6O10S2. The zero-order chi connectivity index (χ0) is 39.4. The van der Waals surface area contributed by atoms with Crippen LogP contribution in [0, 0.1) is 0 Å². The van der Waals surface area contributed by atoms with E-state index in [0.717, 1.165) is 26.4 Å². The van der Waals surface area contributed by atoms with E-state index >= 15 is 0 Å². The van der Waals surface area contributed by atoms with Crippen LogP contribution in [0.25, 0.3) is 54.6 Å². The molecule has 0 fully saturated rings. The van der Waals surface area contributed by atoms with Crippen LogP contribution >= 0.6 is 0 Å². The summed E-state index contributed by atoms with van der Waals surface area (Å²) in [7, 11) is -7.71. The molecule has 6 aromatic rings. The van der Waals surface area contributed by atoms with Crippen molar-refractivity contribution < 1.29 is 70.5 Å². The van der Waals surface area contributed by atoms with Crippen LogP contribution in [0.3, 0.4) is 0 Å². The van der Waals surface area contributed by atoms with Gasteiger partial charge in [0.2, 0.25) is 0 Å². The molecule has 0 aliphatic carbocycles. The molecular weight excluding hydrogens is 771 g/mol. The third kappa shape index (κ3) is 6.27. The third-order valence-corrected chi connectivity index (χ3v) is 10.3. The molecule has 10 nitrogen and oxygen atoms in total. The normalized spacial score (nSPS) is 12.6. The third-order valence-electron chi connectivity index (χ3n) is 8.34. The zero-order valence-corrected chi connectivity index (χ0v) is 29.9. The number of methoxy groups -OCH3 is 4. The predicted molar refractivity (Wildman–Crippen MR) is 187 cm³/mol. The molecule has 0 N–H and O–H groups in total. The van der Waals surface area contributed by atoms with Crippen molar-refractivity contribution in [1.82, 2.24) is 0 Å². The summed E-state index contributed by atoms with van der Waals surface area (Å²) >= 11 is 0. The summed E-state index contributed by atoms with van der Waals surface area (Å²) in [6, 6.07) is 21.1. The van der Waals surface area contributed by atoms with Crippen LogP contribution in [0.1, 0.15) is 0 Å². The highest BCUT2D eigenvalue weighted by Crippen LogP contribution is 2.58. The molecule has 0 radical (unpaired) electrons. The van der Waals surface area contributed by atoms with E-state index in [0.29, 0.717) is 10.8 Å². The van der Waals surface area contributed by atoms with Gasteiger partial charge < -0.3 is 27.3 Å². The molecule has 284 valence electrons. The summed E-state index contributed by atoms with van der Waals surface area (Å²) in [5, 5.41) is 1.73. The molecule has 0 aromatic heterocycles. The van der Waals surface area contributed by atoms with Crippen LogP contribution in [0.2, 0.25) is 0 Å². The molecule has 0 unspecified atom stereocenters. The van der Waals surface area contributed by atoms with Crippen molar-refractivity contribution in [3.8, 4) is 56.8 Å². The fourth-order valence-electron chi connectivity index (χ4n) is 6.24. The van der Waals surface area contributed by atoms with E-state index in [-0.39, 0.29) is 55.3 Å². The van der Waals surface area contributed by atoms with Gasteiger partial charge in [-0.3, -0.25) is 0 Å². The number of alkyl halides is 6. The van der Waals surface area contributed by atoms with Crippen molar-refractivity contribution in [3.63, 3.8) is 0 Å². The topological polar surface area (TPSA) is 124 Å². The van der Waals surface area contributed by atoms with Gasteiger partial charge in [0.05, 0.1) is 28.4 Å². The van der Waals surface area contributed by atoms with E-state index in [4.69, 9.17) is 18.9 Å². The first-order valence-corrected chi connectivity index (χ1v) is 18.1. The quantitative estimate of drug-likeness (QED) is 0.0754. The van der Waals surface area contributed by atoms with Crippen LogP contribution in [-0.4, -0.2) is 56.3 Å². The molecule has 0 amide bonds. The highest BCUT2D eigenvalue weighted by atomic mass is 32.2. The van der Waals surface area contributed by atoms with Gasteiger partial charge in [0.15, 0.2) is 34.5 Å². The fraction of sp³-hybridized carbons (Fsp3) is 0.167. The smallest absolute Gasteiger partial charge is 0.492 e. The predicted octanol–water partition coefficient (Wildman–Crippen LogP) is 8.97. The molecule has 6 aromatic carbocycles. The number of fused-ring (bicyclic) bond motifs is 3. The Morgan fingerprint density at radius 2 is 0.704 bits per heavy atom. The minimum Gasteiger partial charge on any atom is -0.492 e. The van der Waals surface area contributed by atoms with Crippen LogP contribution in [0.4, 0.5) is 26.3 Å². The second kappa shape index (κ2) is 13.7. The maximum atomic E-state index is 13.6. The largest absolute Gasteiger partial charge is 0.534 e. The fourth-order valence-corrected chi connectivity index (χ4v) is 7.15. The van der Waals surface area contributed by atoms with E-state index in [1.165, 1.54) is 26.4 Å². The first-order valence-electron chi connectivity index (χ1n) is 15.3. The first kappa shape index (κ1) is 38.1. The first-order chi connectivity index (χ1) is 25.4. The summed E-state index contributed by atoms with van der Waals surface area (Å²) in [4.78, 5) is 0. The Bertz CT molecular complexity index is 2490. The lowest BCUT2D eigenvalue weighted by molar-refractivity contribution is -0.0505. The molecule has 0 saturated carbocycles. The van der Waals surface area contributed by atoms with Gasteiger partial charge >= 0.3 is 31.3 Å². The van der Waals surface area contributed by atoms with E-state index in [1.807, 2.05) is 0 Å². The summed E-state index contributed by atoms with van der Waals surface area (Å²) in [5.41, 5.74) is -11.3. The SMILES string of the molecule is COc1c(OS(=O)(=O)C(F)(F)F)cc2ccccc2c1-c1c(OC)c(OC)c(-c2c(OC)c(OS(=O)(=O)C(F)(F)F)cc3ccccc23)c2ccccc12. The second-order valence-electron chi connectivity index (χ2n) is 11.3. The van der Waals surface area contributed by atoms with Crippen molar-refractivity contribution in [2.45, 2.75) is 11.0 Å². The van der Waals surface area contributed by atoms with Crippen molar-refractivity contribution in [3.05, 3.63) is 84.9 Å². The number of hydrogen-bond donors (Lipinski definition) is 0. The van der Waals surface area contributed by atoms with Gasteiger partial charge in [0, 0.05) is 22.3 Å². The lowest BCUT2D eigenvalue weighted by Gasteiger charge is -2.25. The average molecular weight is 797 g/mol. The standard InChI is InChI=1S/C36H26F6O10S2/c1-47-31-25(51-53(43,44)35(37,38)39)17-19-11-5-7-13-21(19)27(31)29-23-15-9-10-16-24(23)30(34(50-4)33(29)49-3)28-22-14-8-6-12-20(22)18-26(32(28)48-2)52-54(45,46)36(40,41)42/h5-18H,1-4H3. The summed E-state index contributed by atoms with van der Waals surface area (Å²) in [5.74, 6) is -2.69. The maximum absolute atomic E-state index is 13.6. The molecule has 0 aliphatic rings. The van der Waals surface area contributed by atoms with Gasteiger partial charge in [-0.05, 0) is 44.5 Å². The van der Waals surface area contributed by atoms with Crippen LogP contribution < -0.4 is 27.3 Å². The van der Waals surface area contributed by atoms with Gasteiger partial charge in [-0.2, -0.15) is 43.2 Å². The monoisotopic (exact) mass is 796 g/mol. The van der Waals surface area contributed by atoms with Gasteiger partial charge in [0.1, 0.15) is 0 Å². The molecule has 0 aliphatic heterocycles. The molecule has 18 heteroatoms. The Labute approximate surface area is 303 Å². The second-order valence-corrected chi connectivity index (χ2v) is 14.4. The molecule has 54 heavy (non-hydrogen) atoms. The Hall–Kier alpha value is -5.62. The van der Waals surface area contributed by atoms with Crippen LogP contribution in [-0.2, 0) is 20.2 Å². The minimum atomic E-state index is -6.19. The van der Waals surface area contributed by atoms with Gasteiger partial charge in [-0.15, -0.1) is 0 Å². The number of rotatable bonds is 10. The summed E-state index contributed by atoms with van der Waals surface area (Å²) < 4.78 is 163. The van der Waals surface area contributed by atoms with Crippen LogP contribution in [0.15, 0.2) is 84.9 Å². The minimum absolute atomic E-state index is 0.0195. The maximum Gasteiger partial charge on any atom is 0.534 e. The van der Waals surface area contributed by atoms with Gasteiger partial charge in [0.25, 0.3) is 0 Å².